The van der Waals surface area contributed by atoms with Crippen molar-refractivity contribution >= 4 is 0 Å². The Morgan fingerprint density at radius 3 is 2.00 bits per heavy atom. The van der Waals surface area contributed by atoms with Crippen LogP contribution in [0.1, 0.15) is 11.6 Å². The molecule has 2 aromatic rings. The van der Waals surface area contributed by atoms with Crippen molar-refractivity contribution in [2.24, 2.45) is 5.73 Å². The Morgan fingerprint density at radius 1 is 0.875 bits per heavy atom. The average molecular weight is 215 g/mol. The van der Waals surface area contributed by atoms with Gasteiger partial charge in [0, 0.05) is 0 Å². The molecule has 1 nitrogen and oxygen atoms in total. The zero-order valence-corrected chi connectivity index (χ0v) is 8.94. The molecule has 0 spiro atoms. The van der Waals surface area contributed by atoms with Gasteiger partial charge < -0.3 is 5.73 Å². The topological polar surface area (TPSA) is 26.0 Å². The zero-order chi connectivity index (χ0) is 11.4. The second-order valence-corrected chi connectivity index (χ2v) is 3.75. The first-order valence-electron chi connectivity index (χ1n) is 5.28. The molecule has 2 aromatic carbocycles. The molecule has 0 aliphatic carbocycles. The number of hydrogen-bond donors (Lipinski definition) is 1. The van der Waals surface area contributed by atoms with E-state index < -0.39 is 12.7 Å². The van der Waals surface area contributed by atoms with E-state index in [-0.39, 0.29) is 0 Å². The lowest BCUT2D eigenvalue weighted by Crippen LogP contribution is -2.11. The molecule has 0 aromatic heterocycles. The summed E-state index contributed by atoms with van der Waals surface area (Å²) in [7, 11) is 0. The van der Waals surface area contributed by atoms with Crippen LogP contribution in [0.5, 0.6) is 0 Å². The summed E-state index contributed by atoms with van der Waals surface area (Å²) in [6.07, 6.45) is 0. The third kappa shape index (κ3) is 2.28. The summed E-state index contributed by atoms with van der Waals surface area (Å²) in [5.74, 6) is 0. The number of alkyl halides is 1. The van der Waals surface area contributed by atoms with Gasteiger partial charge in [0.15, 0.2) is 0 Å². The molecule has 0 aliphatic rings. The lowest BCUT2D eigenvalue weighted by molar-refractivity contribution is 0.437. The van der Waals surface area contributed by atoms with Crippen LogP contribution >= 0.6 is 0 Å². The molecular weight excluding hydrogens is 201 g/mol. The lowest BCUT2D eigenvalue weighted by atomic mass is 10.0. The van der Waals surface area contributed by atoms with E-state index in [1.165, 1.54) is 0 Å². The minimum atomic E-state index is -0.523. The molecule has 1 unspecified atom stereocenters. The predicted octanol–water partition coefficient (Wildman–Crippen LogP) is 3.32. The number of hydrogen-bond acceptors (Lipinski definition) is 1. The van der Waals surface area contributed by atoms with Crippen LogP contribution in [0.3, 0.4) is 0 Å². The third-order valence-electron chi connectivity index (χ3n) is 2.61. The quantitative estimate of drug-likeness (QED) is 0.835. The number of halogens is 1. The molecule has 0 saturated carbocycles. The Bertz CT molecular complexity index is 436. The molecule has 2 rings (SSSR count). The Labute approximate surface area is 94.7 Å². The van der Waals surface area contributed by atoms with Gasteiger partial charge in [-0.25, -0.2) is 4.39 Å². The fourth-order valence-electron chi connectivity index (χ4n) is 1.64. The molecule has 0 bridgehead atoms. The van der Waals surface area contributed by atoms with E-state index in [0.717, 1.165) is 16.7 Å². The van der Waals surface area contributed by atoms with Crippen LogP contribution in [0.2, 0.25) is 0 Å². The maximum atomic E-state index is 12.4. The summed E-state index contributed by atoms with van der Waals surface area (Å²) in [6, 6.07) is 17.3. The van der Waals surface area contributed by atoms with Crippen molar-refractivity contribution in [1.82, 2.24) is 0 Å². The van der Waals surface area contributed by atoms with Gasteiger partial charge in [-0.05, 0) is 16.7 Å². The van der Waals surface area contributed by atoms with Gasteiger partial charge >= 0.3 is 0 Å². The molecule has 0 fully saturated rings. The van der Waals surface area contributed by atoms with E-state index >= 15 is 0 Å². The Balaban J connectivity index is 2.26. The molecule has 0 heterocycles. The van der Waals surface area contributed by atoms with Crippen LogP contribution in [0.15, 0.2) is 54.6 Å². The summed E-state index contributed by atoms with van der Waals surface area (Å²) in [5.41, 5.74) is 8.72. The Morgan fingerprint density at radius 2 is 1.44 bits per heavy atom. The van der Waals surface area contributed by atoms with Crippen LogP contribution in [0.25, 0.3) is 11.1 Å². The number of nitrogens with two attached hydrogens (primary N) is 1. The molecule has 2 heteroatoms. The van der Waals surface area contributed by atoms with Crippen molar-refractivity contribution in [3.8, 4) is 11.1 Å². The third-order valence-corrected chi connectivity index (χ3v) is 2.61. The highest BCUT2D eigenvalue weighted by atomic mass is 19.1. The van der Waals surface area contributed by atoms with Crippen LogP contribution in [-0.2, 0) is 0 Å². The Kier molecular flexibility index (Phi) is 3.32. The van der Waals surface area contributed by atoms with E-state index in [0.29, 0.717) is 0 Å². The highest BCUT2D eigenvalue weighted by Gasteiger charge is 2.04. The fourth-order valence-corrected chi connectivity index (χ4v) is 1.64. The smallest absolute Gasteiger partial charge is 0.109 e. The predicted molar refractivity (Wildman–Crippen MR) is 64.8 cm³/mol. The van der Waals surface area contributed by atoms with E-state index in [9.17, 15) is 4.39 Å². The summed E-state index contributed by atoms with van der Waals surface area (Å²) in [6.45, 7) is -0.523. The fraction of sp³-hybridized carbons (Fsp3) is 0.143. The van der Waals surface area contributed by atoms with Gasteiger partial charge in [-0.3, -0.25) is 0 Å². The molecule has 1 atom stereocenters. The van der Waals surface area contributed by atoms with E-state index in [2.05, 4.69) is 0 Å². The molecule has 0 radical (unpaired) electrons. The van der Waals surface area contributed by atoms with E-state index in [1.54, 1.807) is 0 Å². The lowest BCUT2D eigenvalue weighted by Gasteiger charge is -2.08. The first kappa shape index (κ1) is 10.8. The van der Waals surface area contributed by atoms with E-state index in [1.807, 2.05) is 54.6 Å². The molecule has 0 amide bonds. The van der Waals surface area contributed by atoms with Crippen molar-refractivity contribution in [2.45, 2.75) is 6.04 Å². The molecular formula is C14H14FN. The van der Waals surface area contributed by atoms with Gasteiger partial charge in [0.05, 0.1) is 6.04 Å². The van der Waals surface area contributed by atoms with Crippen molar-refractivity contribution in [2.75, 3.05) is 6.67 Å². The van der Waals surface area contributed by atoms with E-state index in [4.69, 9.17) is 5.73 Å². The van der Waals surface area contributed by atoms with Gasteiger partial charge in [-0.2, -0.15) is 0 Å². The van der Waals surface area contributed by atoms with Gasteiger partial charge in [-0.1, -0.05) is 54.6 Å². The zero-order valence-electron chi connectivity index (χ0n) is 8.94. The van der Waals surface area contributed by atoms with Crippen molar-refractivity contribution in [1.29, 1.82) is 0 Å². The normalized spacial score (nSPS) is 12.4. The van der Waals surface area contributed by atoms with Crippen LogP contribution in [0.4, 0.5) is 4.39 Å². The summed E-state index contributed by atoms with van der Waals surface area (Å²) in [5, 5.41) is 0. The average Bonchev–Trinajstić information content (AvgIpc) is 2.39. The molecule has 82 valence electrons. The largest absolute Gasteiger partial charge is 0.322 e. The van der Waals surface area contributed by atoms with Crippen LogP contribution in [0, 0.1) is 0 Å². The summed E-state index contributed by atoms with van der Waals surface area (Å²) < 4.78 is 12.4. The SMILES string of the molecule is NC(CF)c1ccc(-c2ccccc2)cc1. The second-order valence-electron chi connectivity index (χ2n) is 3.75. The van der Waals surface area contributed by atoms with Gasteiger partial charge in [0.2, 0.25) is 0 Å². The maximum absolute atomic E-state index is 12.4. The number of rotatable bonds is 3. The minimum Gasteiger partial charge on any atom is -0.322 e. The summed E-state index contributed by atoms with van der Waals surface area (Å²) in [4.78, 5) is 0. The highest BCUT2D eigenvalue weighted by molar-refractivity contribution is 5.63. The van der Waals surface area contributed by atoms with Crippen molar-refractivity contribution < 1.29 is 4.39 Å². The van der Waals surface area contributed by atoms with Crippen LogP contribution in [-0.4, -0.2) is 6.67 Å². The first-order valence-corrected chi connectivity index (χ1v) is 5.28. The summed E-state index contributed by atoms with van der Waals surface area (Å²) >= 11 is 0. The standard InChI is InChI=1S/C14H14FN/c15-10-14(16)13-8-6-12(7-9-13)11-4-2-1-3-5-11/h1-9,14H,10,16H2. The first-order chi connectivity index (χ1) is 7.81. The molecule has 0 saturated heterocycles. The van der Waals surface area contributed by atoms with Gasteiger partial charge in [-0.15, -0.1) is 0 Å². The van der Waals surface area contributed by atoms with Gasteiger partial charge in [0.25, 0.3) is 0 Å². The van der Waals surface area contributed by atoms with Crippen LogP contribution < -0.4 is 5.73 Å². The van der Waals surface area contributed by atoms with Crippen molar-refractivity contribution in [3.63, 3.8) is 0 Å². The van der Waals surface area contributed by atoms with Crippen molar-refractivity contribution in [3.05, 3.63) is 60.2 Å². The second kappa shape index (κ2) is 4.90. The molecule has 2 N–H and O–H groups in total. The minimum absolute atomic E-state index is 0.509. The molecule has 16 heavy (non-hydrogen) atoms. The van der Waals surface area contributed by atoms with Gasteiger partial charge in [0.1, 0.15) is 6.67 Å². The maximum Gasteiger partial charge on any atom is 0.109 e. The molecule has 0 aliphatic heterocycles. The monoisotopic (exact) mass is 215 g/mol. The Hall–Kier alpha value is -1.67. The number of benzene rings is 2. The highest BCUT2D eigenvalue weighted by Crippen LogP contribution is 2.21.